The van der Waals surface area contributed by atoms with Gasteiger partial charge in [0, 0.05) is 19.0 Å². The van der Waals surface area contributed by atoms with Gasteiger partial charge in [0.2, 0.25) is 5.95 Å². The number of nitrogens with zero attached hydrogens (tertiary/aromatic N) is 4. The summed E-state index contributed by atoms with van der Waals surface area (Å²) in [5.74, 6) is 1.59. The van der Waals surface area contributed by atoms with Crippen LogP contribution in [0.4, 0.5) is 17.5 Å². The van der Waals surface area contributed by atoms with Crippen LogP contribution in [0.1, 0.15) is 36.8 Å². The molecule has 2 aromatic heterocycles. The van der Waals surface area contributed by atoms with Crippen LogP contribution >= 0.6 is 0 Å². The summed E-state index contributed by atoms with van der Waals surface area (Å²) in [6.07, 6.45) is 1.62. The highest BCUT2D eigenvalue weighted by atomic mass is 16.6. The van der Waals surface area contributed by atoms with Gasteiger partial charge in [0.15, 0.2) is 5.82 Å². The van der Waals surface area contributed by atoms with Gasteiger partial charge in [0.05, 0.1) is 18.2 Å². The largest absolute Gasteiger partial charge is 0.494 e. The van der Waals surface area contributed by atoms with Crippen LogP contribution in [0.25, 0.3) is 11.5 Å². The lowest BCUT2D eigenvalue weighted by Gasteiger charge is -2.21. The van der Waals surface area contributed by atoms with Gasteiger partial charge in [-0.25, -0.2) is 4.98 Å². The monoisotopic (exact) mass is 486 g/mol. The first-order valence-corrected chi connectivity index (χ1v) is 11.6. The maximum Gasteiger partial charge on any atom is 0.494 e. The zero-order valence-electron chi connectivity index (χ0n) is 20.5. The number of aryl methyl sites for hydroxylation is 1. The Morgan fingerprint density at radius 1 is 1.14 bits per heavy atom. The lowest BCUT2D eigenvalue weighted by molar-refractivity contribution is 0.0930. The Balaban J connectivity index is 1.49. The van der Waals surface area contributed by atoms with Crippen LogP contribution in [0.15, 0.2) is 59.3 Å². The molecule has 1 aliphatic rings. The van der Waals surface area contributed by atoms with Gasteiger partial charge in [-0.2, -0.15) is 9.97 Å². The highest BCUT2D eigenvalue weighted by molar-refractivity contribution is 6.63. The fraction of sp³-hybridized carbons (Fsp3) is 0.280. The first kappa shape index (κ1) is 23.9. The quantitative estimate of drug-likeness (QED) is 0.319. The van der Waals surface area contributed by atoms with E-state index in [1.807, 2.05) is 62.4 Å². The molecule has 10 nitrogen and oxygen atoms in total. The topological polar surface area (TPSA) is 127 Å². The smallest absolute Gasteiger partial charge is 0.410 e. The third-order valence-corrected chi connectivity index (χ3v) is 6.07. The maximum atomic E-state index is 10.1. The second-order valence-electron chi connectivity index (χ2n) is 9.02. The van der Waals surface area contributed by atoms with Crippen LogP contribution in [0, 0.1) is 6.92 Å². The fourth-order valence-corrected chi connectivity index (χ4v) is 4.26. The number of nitrogens with one attached hydrogen (secondary N) is 2. The molecule has 4 aromatic rings. The Labute approximate surface area is 209 Å². The van der Waals surface area contributed by atoms with Crippen LogP contribution in [0.5, 0.6) is 0 Å². The van der Waals surface area contributed by atoms with E-state index >= 15 is 0 Å². The lowest BCUT2D eigenvalue weighted by Crippen LogP contribution is -2.31. The predicted molar refractivity (Wildman–Crippen MR) is 136 cm³/mol. The minimum Gasteiger partial charge on any atom is -0.410 e. The SMILES string of the molecule is COB1OC(C)(C)c2cc(Nc3ncc(-c4nc(C)no4)c(N[C@H](CO)c4ccccc4)n3)ccc21. The summed E-state index contributed by atoms with van der Waals surface area (Å²) in [4.78, 5) is 13.5. The fourth-order valence-electron chi connectivity index (χ4n) is 4.26. The van der Waals surface area contributed by atoms with Crippen LogP contribution < -0.4 is 16.1 Å². The molecule has 36 heavy (non-hydrogen) atoms. The first-order valence-electron chi connectivity index (χ1n) is 11.6. The van der Waals surface area contributed by atoms with Gasteiger partial charge in [0.25, 0.3) is 5.89 Å². The molecule has 3 heterocycles. The Hall–Kier alpha value is -3.80. The molecule has 0 bridgehead atoms. The second kappa shape index (κ2) is 9.69. The molecule has 0 saturated heterocycles. The van der Waals surface area contributed by atoms with Crippen molar-refractivity contribution in [2.24, 2.45) is 0 Å². The predicted octanol–water partition coefficient (Wildman–Crippen LogP) is 3.33. The number of hydrogen-bond acceptors (Lipinski definition) is 10. The third-order valence-electron chi connectivity index (χ3n) is 6.07. The number of fused-ring (bicyclic) bond motifs is 1. The third kappa shape index (κ3) is 4.68. The minimum absolute atomic E-state index is 0.139. The molecule has 3 N–H and O–H groups in total. The zero-order chi connectivity index (χ0) is 25.3. The van der Waals surface area contributed by atoms with Gasteiger partial charge < -0.3 is 29.6 Å². The molecule has 0 unspecified atom stereocenters. The Kier molecular flexibility index (Phi) is 6.44. The maximum absolute atomic E-state index is 10.1. The van der Waals surface area contributed by atoms with Crippen molar-refractivity contribution in [3.63, 3.8) is 0 Å². The second-order valence-corrected chi connectivity index (χ2v) is 9.02. The number of anilines is 3. The number of hydrogen-bond donors (Lipinski definition) is 3. The summed E-state index contributed by atoms with van der Waals surface area (Å²) < 4.78 is 16.9. The highest BCUT2D eigenvalue weighted by Crippen LogP contribution is 2.33. The number of rotatable bonds is 8. The van der Waals surface area contributed by atoms with Crippen molar-refractivity contribution in [1.82, 2.24) is 20.1 Å². The normalized spacial score (nSPS) is 15.0. The van der Waals surface area contributed by atoms with Crippen LogP contribution in [-0.2, 0) is 14.9 Å². The van der Waals surface area contributed by atoms with E-state index in [9.17, 15) is 5.11 Å². The molecular weight excluding hydrogens is 459 g/mol. The molecule has 184 valence electrons. The number of aliphatic hydroxyl groups is 1. The number of aromatic nitrogens is 4. The minimum atomic E-state index is -0.495. The molecule has 0 spiro atoms. The molecular formula is C25H27BN6O4. The van der Waals surface area contributed by atoms with E-state index in [1.54, 1.807) is 20.2 Å². The van der Waals surface area contributed by atoms with Crippen LogP contribution in [0.3, 0.4) is 0 Å². The van der Waals surface area contributed by atoms with Gasteiger partial charge in [-0.3, -0.25) is 0 Å². The van der Waals surface area contributed by atoms with Gasteiger partial charge in [-0.1, -0.05) is 41.6 Å². The van der Waals surface area contributed by atoms with E-state index in [0.29, 0.717) is 23.2 Å². The van der Waals surface area contributed by atoms with E-state index in [0.717, 1.165) is 22.3 Å². The van der Waals surface area contributed by atoms with Crippen molar-refractivity contribution >= 4 is 30.0 Å². The Morgan fingerprint density at radius 3 is 2.64 bits per heavy atom. The molecule has 0 saturated carbocycles. The lowest BCUT2D eigenvalue weighted by atomic mass is 9.77. The molecule has 11 heteroatoms. The van der Waals surface area contributed by atoms with E-state index in [2.05, 4.69) is 25.8 Å². The summed E-state index contributed by atoms with van der Waals surface area (Å²) in [5, 5.41) is 20.6. The van der Waals surface area contributed by atoms with Gasteiger partial charge in [-0.05, 0) is 49.5 Å². The average Bonchev–Trinajstić information content (AvgIpc) is 3.43. The van der Waals surface area contributed by atoms with E-state index < -0.39 is 18.8 Å². The highest BCUT2D eigenvalue weighted by Gasteiger charge is 2.42. The zero-order valence-corrected chi connectivity index (χ0v) is 20.5. The Morgan fingerprint density at radius 2 is 1.94 bits per heavy atom. The van der Waals surface area contributed by atoms with Gasteiger partial charge >= 0.3 is 7.12 Å². The Bertz CT molecular complexity index is 1360. The summed E-state index contributed by atoms with van der Waals surface area (Å²) >= 11 is 0. The molecule has 1 atom stereocenters. The summed E-state index contributed by atoms with van der Waals surface area (Å²) in [6, 6.07) is 15.2. The molecule has 5 rings (SSSR count). The summed E-state index contributed by atoms with van der Waals surface area (Å²) in [5.41, 5.74) is 3.77. The molecule has 0 radical (unpaired) electrons. The summed E-state index contributed by atoms with van der Waals surface area (Å²) in [6.45, 7) is 5.62. The average molecular weight is 486 g/mol. The number of aliphatic hydroxyl groups excluding tert-OH is 1. The van der Waals surface area contributed by atoms with Crippen molar-refractivity contribution in [2.75, 3.05) is 24.4 Å². The van der Waals surface area contributed by atoms with Crippen LogP contribution in [0.2, 0.25) is 0 Å². The van der Waals surface area contributed by atoms with Crippen molar-refractivity contribution in [2.45, 2.75) is 32.4 Å². The first-order chi connectivity index (χ1) is 17.4. The molecule has 0 fully saturated rings. The van der Waals surface area contributed by atoms with Crippen molar-refractivity contribution in [1.29, 1.82) is 0 Å². The summed E-state index contributed by atoms with van der Waals surface area (Å²) in [7, 11) is 1.23. The van der Waals surface area contributed by atoms with E-state index in [-0.39, 0.29) is 12.5 Å². The standard InChI is InChI=1S/C25H27BN6O4/c1-15-28-23(35-32-15)18-13-27-24(31-22(18)30-21(14-33)16-8-6-5-7-9-16)29-17-10-11-20-19(12-17)25(2,3)36-26(20)34-4/h5-13,21,33H,14H2,1-4H3,(H2,27,29,30,31)/t21-/m1/s1. The molecule has 1 aliphatic heterocycles. The van der Waals surface area contributed by atoms with E-state index in [4.69, 9.17) is 18.8 Å². The molecule has 0 aliphatic carbocycles. The molecule has 0 amide bonds. The van der Waals surface area contributed by atoms with Crippen molar-refractivity contribution in [3.05, 3.63) is 71.7 Å². The van der Waals surface area contributed by atoms with Gasteiger partial charge in [-0.15, -0.1) is 0 Å². The number of benzene rings is 2. The van der Waals surface area contributed by atoms with Gasteiger partial charge in [0.1, 0.15) is 11.4 Å². The van der Waals surface area contributed by atoms with E-state index in [1.165, 1.54) is 0 Å². The van der Waals surface area contributed by atoms with Crippen molar-refractivity contribution < 1.29 is 18.9 Å². The molecule has 2 aromatic carbocycles. The van der Waals surface area contributed by atoms with Crippen LogP contribution in [-0.4, -0.2) is 46.1 Å². The van der Waals surface area contributed by atoms with Crippen molar-refractivity contribution in [3.8, 4) is 11.5 Å².